The van der Waals surface area contributed by atoms with Gasteiger partial charge in [0.2, 0.25) is 5.88 Å². The zero-order valence-electron chi connectivity index (χ0n) is 11.7. The van der Waals surface area contributed by atoms with E-state index in [1.165, 1.54) is 0 Å². The van der Waals surface area contributed by atoms with E-state index in [0.717, 1.165) is 22.0 Å². The number of hydrogen-bond donors (Lipinski definition) is 2. The third kappa shape index (κ3) is 2.74. The number of ether oxygens (including phenoxy) is 1. The van der Waals surface area contributed by atoms with Gasteiger partial charge in [0.25, 0.3) is 0 Å². The van der Waals surface area contributed by atoms with Gasteiger partial charge in [-0.3, -0.25) is 0 Å². The lowest BCUT2D eigenvalue weighted by Crippen LogP contribution is -2.01. The molecule has 0 radical (unpaired) electrons. The lowest BCUT2D eigenvalue weighted by Gasteiger charge is -2.11. The van der Waals surface area contributed by atoms with Crippen molar-refractivity contribution in [1.29, 1.82) is 0 Å². The number of phenolic OH excluding ortho intramolecular Hbond substituents is 1. The van der Waals surface area contributed by atoms with Crippen molar-refractivity contribution >= 4 is 16.5 Å². The van der Waals surface area contributed by atoms with Gasteiger partial charge in [-0.1, -0.05) is 30.3 Å². The van der Waals surface area contributed by atoms with Crippen LogP contribution in [0.4, 0.5) is 5.69 Å². The van der Waals surface area contributed by atoms with Crippen molar-refractivity contribution in [1.82, 2.24) is 4.98 Å². The van der Waals surface area contributed by atoms with Gasteiger partial charge in [-0.05, 0) is 22.9 Å². The molecule has 0 amide bonds. The fraction of sp³-hybridized carbons (Fsp3) is 0.118. The molecule has 0 atom stereocenters. The van der Waals surface area contributed by atoms with Gasteiger partial charge >= 0.3 is 0 Å². The van der Waals surface area contributed by atoms with Crippen LogP contribution in [-0.4, -0.2) is 17.2 Å². The highest BCUT2D eigenvalue weighted by Gasteiger charge is 2.06. The van der Waals surface area contributed by atoms with Crippen molar-refractivity contribution in [3.8, 4) is 11.6 Å². The van der Waals surface area contributed by atoms with Gasteiger partial charge in [-0.25, -0.2) is 4.98 Å². The van der Waals surface area contributed by atoms with E-state index in [0.29, 0.717) is 18.2 Å². The number of nitrogens with zero attached hydrogens (tertiary/aromatic N) is 1. The third-order valence-corrected chi connectivity index (χ3v) is 3.43. The summed E-state index contributed by atoms with van der Waals surface area (Å²) in [6.45, 7) is 0.529. The van der Waals surface area contributed by atoms with Crippen molar-refractivity contribution in [2.45, 2.75) is 6.54 Å². The van der Waals surface area contributed by atoms with Crippen molar-refractivity contribution in [2.75, 3.05) is 12.4 Å². The smallest absolute Gasteiger partial charge is 0.213 e. The maximum absolute atomic E-state index is 10.1. The molecular formula is C17H16N2O2. The number of aromatic nitrogens is 1. The molecule has 2 aromatic carbocycles. The van der Waals surface area contributed by atoms with Crippen LogP contribution in [0, 0.1) is 0 Å². The first kappa shape index (κ1) is 13.2. The Morgan fingerprint density at radius 1 is 1.10 bits per heavy atom. The molecule has 2 N–H and O–H groups in total. The standard InChI is InChI=1S/C17H16N2O2/c1-21-17-9-7-13(10-19-17)18-11-15-14-5-3-2-4-12(14)6-8-16(15)20/h2-10,18,20H,11H2,1H3. The number of phenols is 1. The monoisotopic (exact) mass is 280 g/mol. The minimum Gasteiger partial charge on any atom is -0.508 e. The second-order valence-corrected chi connectivity index (χ2v) is 4.73. The molecule has 4 nitrogen and oxygen atoms in total. The van der Waals surface area contributed by atoms with Crippen LogP contribution in [0.2, 0.25) is 0 Å². The summed E-state index contributed by atoms with van der Waals surface area (Å²) in [5, 5.41) is 15.5. The quantitative estimate of drug-likeness (QED) is 0.767. The number of rotatable bonds is 4. The summed E-state index contributed by atoms with van der Waals surface area (Å²) in [7, 11) is 1.59. The number of benzene rings is 2. The Hall–Kier alpha value is -2.75. The number of pyridine rings is 1. The number of methoxy groups -OCH3 is 1. The molecule has 0 aliphatic rings. The Balaban J connectivity index is 1.85. The van der Waals surface area contributed by atoms with Gasteiger partial charge in [0, 0.05) is 18.2 Å². The molecule has 4 heteroatoms. The molecule has 0 aliphatic carbocycles. The molecule has 3 aromatic rings. The van der Waals surface area contributed by atoms with E-state index in [-0.39, 0.29) is 0 Å². The van der Waals surface area contributed by atoms with Crippen molar-refractivity contribution in [3.63, 3.8) is 0 Å². The van der Waals surface area contributed by atoms with Gasteiger partial charge in [-0.15, -0.1) is 0 Å². The minimum atomic E-state index is 0.294. The van der Waals surface area contributed by atoms with Crippen LogP contribution in [0.25, 0.3) is 10.8 Å². The first-order valence-electron chi connectivity index (χ1n) is 6.71. The Kier molecular flexibility index (Phi) is 3.60. The predicted octanol–water partition coefficient (Wildman–Crippen LogP) is 3.56. The van der Waals surface area contributed by atoms with Crippen molar-refractivity contribution in [2.24, 2.45) is 0 Å². The fourth-order valence-electron chi connectivity index (χ4n) is 2.31. The normalized spacial score (nSPS) is 10.5. The van der Waals surface area contributed by atoms with Crippen molar-refractivity contribution < 1.29 is 9.84 Å². The SMILES string of the molecule is COc1ccc(NCc2c(O)ccc3ccccc23)cn1. The molecule has 1 aromatic heterocycles. The summed E-state index contributed by atoms with van der Waals surface area (Å²) in [5.74, 6) is 0.872. The number of aromatic hydroxyl groups is 1. The third-order valence-electron chi connectivity index (χ3n) is 3.43. The van der Waals surface area contributed by atoms with Gasteiger partial charge in [-0.2, -0.15) is 0 Å². The lowest BCUT2D eigenvalue weighted by atomic mass is 10.0. The molecule has 0 spiro atoms. The van der Waals surface area contributed by atoms with Crippen LogP contribution in [0.3, 0.4) is 0 Å². The summed E-state index contributed by atoms with van der Waals surface area (Å²) in [6, 6.07) is 15.4. The summed E-state index contributed by atoms with van der Waals surface area (Å²) in [6.07, 6.45) is 1.71. The van der Waals surface area contributed by atoms with Gasteiger partial charge in [0.15, 0.2) is 0 Å². The lowest BCUT2D eigenvalue weighted by molar-refractivity contribution is 0.398. The molecule has 1 heterocycles. The van der Waals surface area contributed by atoms with Crippen LogP contribution >= 0.6 is 0 Å². The highest BCUT2D eigenvalue weighted by atomic mass is 16.5. The second-order valence-electron chi connectivity index (χ2n) is 4.73. The molecule has 0 unspecified atom stereocenters. The zero-order valence-corrected chi connectivity index (χ0v) is 11.7. The zero-order chi connectivity index (χ0) is 14.7. The second kappa shape index (κ2) is 5.71. The van der Waals surface area contributed by atoms with Crippen LogP contribution in [0.5, 0.6) is 11.6 Å². The largest absolute Gasteiger partial charge is 0.508 e. The first-order valence-corrected chi connectivity index (χ1v) is 6.71. The van der Waals surface area contributed by atoms with Gasteiger partial charge < -0.3 is 15.2 Å². The van der Waals surface area contributed by atoms with Crippen LogP contribution in [-0.2, 0) is 6.54 Å². The first-order chi connectivity index (χ1) is 10.3. The van der Waals surface area contributed by atoms with Crippen molar-refractivity contribution in [3.05, 3.63) is 60.3 Å². The number of fused-ring (bicyclic) bond motifs is 1. The highest BCUT2D eigenvalue weighted by Crippen LogP contribution is 2.27. The topological polar surface area (TPSA) is 54.4 Å². The average molecular weight is 280 g/mol. The number of anilines is 1. The molecule has 0 saturated heterocycles. The minimum absolute atomic E-state index is 0.294. The molecule has 106 valence electrons. The Morgan fingerprint density at radius 3 is 2.71 bits per heavy atom. The van der Waals surface area contributed by atoms with Crippen LogP contribution < -0.4 is 10.1 Å². The predicted molar refractivity (Wildman–Crippen MR) is 83.7 cm³/mol. The van der Waals surface area contributed by atoms with Crippen LogP contribution in [0.1, 0.15) is 5.56 Å². The van der Waals surface area contributed by atoms with E-state index < -0.39 is 0 Å². The summed E-state index contributed by atoms with van der Waals surface area (Å²) >= 11 is 0. The van der Waals surface area contributed by atoms with Gasteiger partial charge in [0.05, 0.1) is 19.0 Å². The Morgan fingerprint density at radius 2 is 1.95 bits per heavy atom. The number of nitrogens with one attached hydrogen (secondary N) is 1. The summed E-state index contributed by atoms with van der Waals surface area (Å²) < 4.78 is 5.03. The van der Waals surface area contributed by atoms with E-state index in [1.54, 1.807) is 25.4 Å². The van der Waals surface area contributed by atoms with E-state index in [4.69, 9.17) is 4.74 Å². The van der Waals surface area contributed by atoms with Crippen LogP contribution in [0.15, 0.2) is 54.7 Å². The van der Waals surface area contributed by atoms with Gasteiger partial charge in [0.1, 0.15) is 5.75 Å². The molecule has 3 rings (SSSR count). The Bertz CT molecular complexity index is 754. The Labute approximate surface area is 123 Å². The maximum Gasteiger partial charge on any atom is 0.213 e. The highest BCUT2D eigenvalue weighted by molar-refractivity contribution is 5.87. The maximum atomic E-state index is 10.1. The average Bonchev–Trinajstić information content (AvgIpc) is 2.54. The van der Waals surface area contributed by atoms with E-state index in [1.807, 2.05) is 36.4 Å². The van der Waals surface area contributed by atoms with E-state index in [2.05, 4.69) is 10.3 Å². The number of hydrogen-bond acceptors (Lipinski definition) is 4. The molecular weight excluding hydrogens is 264 g/mol. The van der Waals surface area contributed by atoms with E-state index in [9.17, 15) is 5.11 Å². The molecule has 21 heavy (non-hydrogen) atoms. The van der Waals surface area contributed by atoms with E-state index >= 15 is 0 Å². The molecule has 0 fully saturated rings. The summed E-state index contributed by atoms with van der Waals surface area (Å²) in [4.78, 5) is 4.15. The molecule has 0 aliphatic heterocycles. The molecule has 0 saturated carbocycles. The fourth-order valence-corrected chi connectivity index (χ4v) is 2.31. The molecule has 0 bridgehead atoms. The summed E-state index contributed by atoms with van der Waals surface area (Å²) in [5.41, 5.74) is 1.76.